The predicted molar refractivity (Wildman–Crippen MR) is 136 cm³/mol. The van der Waals surface area contributed by atoms with Crippen LogP contribution in [0.5, 0.6) is 11.5 Å². The van der Waals surface area contributed by atoms with Gasteiger partial charge in [-0.15, -0.1) is 0 Å². The smallest absolute Gasteiger partial charge is 0.172 e. The van der Waals surface area contributed by atoms with Crippen LogP contribution in [0.1, 0.15) is 37.7 Å². The fourth-order valence-corrected chi connectivity index (χ4v) is 6.30. The molecule has 166 valence electrons. The molecule has 2 aromatic carbocycles. The first-order valence-electron chi connectivity index (χ1n) is 10.5. The van der Waals surface area contributed by atoms with Crippen molar-refractivity contribution in [1.82, 2.24) is 5.01 Å². The van der Waals surface area contributed by atoms with Gasteiger partial charge in [-0.3, -0.25) is 5.01 Å². The summed E-state index contributed by atoms with van der Waals surface area (Å²) in [5, 5.41) is 7.99. The molecule has 1 atom stereocenters. The van der Waals surface area contributed by atoms with Crippen LogP contribution in [0.2, 0.25) is 0 Å². The summed E-state index contributed by atoms with van der Waals surface area (Å²) in [6.07, 6.45) is 6.26. The second kappa shape index (κ2) is 10.0. The first-order chi connectivity index (χ1) is 15.0. The van der Waals surface area contributed by atoms with Crippen LogP contribution in [0.25, 0.3) is 0 Å². The van der Waals surface area contributed by atoms with Gasteiger partial charge in [0, 0.05) is 30.4 Å². The summed E-state index contributed by atoms with van der Waals surface area (Å²) in [4.78, 5) is 2.53. The summed E-state index contributed by atoms with van der Waals surface area (Å²) < 4.78 is 13.0. The van der Waals surface area contributed by atoms with Gasteiger partial charge < -0.3 is 14.4 Å². The van der Waals surface area contributed by atoms with Gasteiger partial charge in [-0.2, -0.15) is 5.10 Å². The predicted octanol–water partition coefficient (Wildman–Crippen LogP) is 6.69. The van der Waals surface area contributed by atoms with Gasteiger partial charge in [0.05, 0.1) is 23.2 Å². The van der Waals surface area contributed by atoms with Crippen LogP contribution in [0, 0.1) is 0 Å². The molecule has 1 fully saturated rings. The Morgan fingerprint density at radius 2 is 1.61 bits per heavy atom. The highest BCUT2D eigenvalue weighted by Crippen LogP contribution is 2.41. The van der Waals surface area contributed by atoms with Crippen molar-refractivity contribution in [2.75, 3.05) is 26.2 Å². The Morgan fingerprint density at radius 1 is 0.968 bits per heavy atom. The van der Waals surface area contributed by atoms with Crippen molar-refractivity contribution in [2.45, 2.75) is 43.6 Å². The van der Waals surface area contributed by atoms with E-state index in [9.17, 15) is 0 Å². The molecule has 0 spiro atoms. The van der Waals surface area contributed by atoms with E-state index in [0.717, 1.165) is 31.1 Å². The number of hydrazone groups is 1. The molecule has 2 aromatic rings. The maximum absolute atomic E-state index is 5.60. The standard InChI is InChI=1S/C23H27Br2N3O2S/c1-27-23(31-22(26-27)15-9-11-18(24)20(13-15)29-2)28(16-7-5-4-6-8-16)17-10-12-19(25)21(14-17)30-3/h9-14,16,23H,4-8H2,1-3H3. The number of rotatable bonds is 6. The van der Waals surface area contributed by atoms with Crippen LogP contribution in [0.3, 0.4) is 0 Å². The Labute approximate surface area is 205 Å². The van der Waals surface area contributed by atoms with Gasteiger partial charge in [-0.25, -0.2) is 0 Å². The zero-order chi connectivity index (χ0) is 22.0. The van der Waals surface area contributed by atoms with E-state index in [2.05, 4.69) is 73.1 Å². The highest BCUT2D eigenvalue weighted by molar-refractivity contribution is 9.10. The molecule has 1 aliphatic heterocycles. The van der Waals surface area contributed by atoms with Crippen molar-refractivity contribution in [1.29, 1.82) is 0 Å². The van der Waals surface area contributed by atoms with E-state index in [1.165, 1.54) is 37.8 Å². The highest BCUT2D eigenvalue weighted by Gasteiger charge is 2.36. The minimum atomic E-state index is 0.0821. The lowest BCUT2D eigenvalue weighted by Crippen LogP contribution is -2.47. The average Bonchev–Trinajstić information content (AvgIpc) is 3.17. The molecule has 0 amide bonds. The van der Waals surface area contributed by atoms with Crippen molar-refractivity contribution in [3.63, 3.8) is 0 Å². The number of anilines is 1. The molecule has 8 heteroatoms. The number of nitrogens with zero attached hydrogens (tertiary/aromatic N) is 3. The van der Waals surface area contributed by atoms with Gasteiger partial charge in [0.2, 0.25) is 0 Å². The summed E-state index contributed by atoms with van der Waals surface area (Å²) >= 11 is 8.92. The van der Waals surface area contributed by atoms with E-state index in [4.69, 9.17) is 14.6 Å². The number of thioether (sulfide) groups is 1. The third-order valence-corrected chi connectivity index (χ3v) is 8.42. The van der Waals surface area contributed by atoms with E-state index in [1.807, 2.05) is 12.1 Å². The summed E-state index contributed by atoms with van der Waals surface area (Å²) in [6.45, 7) is 0. The monoisotopic (exact) mass is 567 g/mol. The largest absolute Gasteiger partial charge is 0.496 e. The number of ether oxygens (including phenoxy) is 2. The molecule has 0 N–H and O–H groups in total. The SMILES string of the molecule is COc1cc(C2=NN(C)C(N(c3ccc(Br)c(OC)c3)C3CCCCC3)S2)ccc1Br. The molecular formula is C23H27Br2N3O2S. The van der Waals surface area contributed by atoms with Crippen LogP contribution < -0.4 is 14.4 Å². The molecular weight excluding hydrogens is 542 g/mol. The number of hydrogen-bond donors (Lipinski definition) is 0. The van der Waals surface area contributed by atoms with Gasteiger partial charge in [0.25, 0.3) is 0 Å². The quantitative estimate of drug-likeness (QED) is 0.388. The first kappa shape index (κ1) is 22.8. The van der Waals surface area contributed by atoms with Crippen molar-refractivity contribution in [3.8, 4) is 11.5 Å². The molecule has 0 bridgehead atoms. The van der Waals surface area contributed by atoms with Gasteiger partial charge in [-0.05, 0) is 69.0 Å². The lowest BCUT2D eigenvalue weighted by Gasteiger charge is -2.41. The Hall–Kier alpha value is -1.38. The van der Waals surface area contributed by atoms with Crippen LogP contribution in [-0.4, -0.2) is 42.9 Å². The van der Waals surface area contributed by atoms with E-state index in [1.54, 1.807) is 26.0 Å². The van der Waals surface area contributed by atoms with E-state index >= 15 is 0 Å². The maximum Gasteiger partial charge on any atom is 0.172 e. The molecule has 2 aliphatic rings. The lowest BCUT2D eigenvalue weighted by molar-refractivity contribution is 0.293. The Bertz CT molecular complexity index is 966. The van der Waals surface area contributed by atoms with Crippen molar-refractivity contribution >= 4 is 54.4 Å². The molecule has 1 aliphatic carbocycles. The Kier molecular flexibility index (Phi) is 7.39. The third kappa shape index (κ3) is 4.86. The molecule has 1 heterocycles. The number of halogens is 2. The summed E-state index contributed by atoms with van der Waals surface area (Å²) in [7, 11) is 5.47. The van der Waals surface area contributed by atoms with Crippen LogP contribution in [-0.2, 0) is 0 Å². The Morgan fingerprint density at radius 3 is 2.29 bits per heavy atom. The maximum atomic E-state index is 5.60. The number of hydrogen-bond acceptors (Lipinski definition) is 6. The molecule has 4 rings (SSSR count). The number of methoxy groups -OCH3 is 2. The van der Waals surface area contributed by atoms with Gasteiger partial charge in [0.15, 0.2) is 5.50 Å². The molecule has 0 aromatic heterocycles. The third-order valence-electron chi connectivity index (χ3n) is 5.82. The highest BCUT2D eigenvalue weighted by atomic mass is 79.9. The van der Waals surface area contributed by atoms with Gasteiger partial charge in [0.1, 0.15) is 16.5 Å². The van der Waals surface area contributed by atoms with Crippen molar-refractivity contribution in [3.05, 3.63) is 50.9 Å². The van der Waals surface area contributed by atoms with Crippen LogP contribution in [0.15, 0.2) is 50.4 Å². The zero-order valence-corrected chi connectivity index (χ0v) is 22.0. The van der Waals surface area contributed by atoms with Gasteiger partial charge in [-0.1, -0.05) is 37.1 Å². The second-order valence-corrected chi connectivity index (χ2v) is 10.5. The van der Waals surface area contributed by atoms with Gasteiger partial charge >= 0.3 is 0 Å². The minimum absolute atomic E-state index is 0.0821. The van der Waals surface area contributed by atoms with Crippen molar-refractivity contribution in [2.24, 2.45) is 5.10 Å². The zero-order valence-electron chi connectivity index (χ0n) is 18.0. The van der Waals surface area contributed by atoms with E-state index < -0.39 is 0 Å². The molecule has 0 saturated heterocycles. The topological polar surface area (TPSA) is 37.3 Å². The molecule has 31 heavy (non-hydrogen) atoms. The Balaban J connectivity index is 1.66. The second-order valence-electron chi connectivity index (χ2n) is 7.79. The van der Waals surface area contributed by atoms with Crippen molar-refractivity contribution < 1.29 is 9.47 Å². The summed E-state index contributed by atoms with van der Waals surface area (Å²) in [5.41, 5.74) is 2.32. The normalized spacial score (nSPS) is 19.3. The molecule has 0 radical (unpaired) electrons. The fourth-order valence-electron chi connectivity index (χ4n) is 4.23. The molecule has 5 nitrogen and oxygen atoms in total. The molecule has 1 saturated carbocycles. The first-order valence-corrected chi connectivity index (χ1v) is 12.9. The lowest BCUT2D eigenvalue weighted by atomic mass is 9.94. The van der Waals surface area contributed by atoms with Crippen LogP contribution >= 0.6 is 43.6 Å². The van der Waals surface area contributed by atoms with Crippen LogP contribution in [0.4, 0.5) is 5.69 Å². The minimum Gasteiger partial charge on any atom is -0.496 e. The van der Waals surface area contributed by atoms with E-state index in [0.29, 0.717) is 6.04 Å². The summed E-state index contributed by atoms with van der Waals surface area (Å²) in [5.74, 6) is 1.66. The number of benzene rings is 2. The van der Waals surface area contributed by atoms with E-state index in [-0.39, 0.29) is 5.50 Å². The summed E-state index contributed by atoms with van der Waals surface area (Å²) in [6, 6.07) is 13.0. The molecule has 1 unspecified atom stereocenters. The average molecular weight is 569 g/mol. The fraction of sp³-hybridized carbons (Fsp3) is 0.435.